The molecule has 1 aliphatic heterocycles. The SMILES string of the molecule is COC[C@H]1CCCN1CCOc1ccc(-n2ccn(-c3ccc(OC4CCCC4)cc3)c2=O)cc1. The van der Waals surface area contributed by atoms with Crippen LogP contribution in [0, 0.1) is 0 Å². The molecule has 2 heterocycles. The molecule has 0 radical (unpaired) electrons. The third-order valence-electron chi connectivity index (χ3n) is 7.12. The van der Waals surface area contributed by atoms with E-state index in [1.165, 1.54) is 25.7 Å². The fraction of sp³-hybridized carbons (Fsp3) is 0.464. The molecule has 5 rings (SSSR count). The van der Waals surface area contributed by atoms with Crippen molar-refractivity contribution in [3.05, 3.63) is 71.4 Å². The summed E-state index contributed by atoms with van der Waals surface area (Å²) < 4.78 is 20.6. The van der Waals surface area contributed by atoms with Gasteiger partial charge in [-0.25, -0.2) is 4.79 Å². The second-order valence-electron chi connectivity index (χ2n) is 9.47. The summed E-state index contributed by atoms with van der Waals surface area (Å²) in [6.07, 6.45) is 11.1. The van der Waals surface area contributed by atoms with Crippen molar-refractivity contribution in [2.45, 2.75) is 50.7 Å². The summed E-state index contributed by atoms with van der Waals surface area (Å²) in [4.78, 5) is 15.5. The molecule has 3 aromatic rings. The van der Waals surface area contributed by atoms with Gasteiger partial charge in [0.1, 0.15) is 18.1 Å². The lowest BCUT2D eigenvalue weighted by Gasteiger charge is -2.23. The van der Waals surface area contributed by atoms with Crippen molar-refractivity contribution < 1.29 is 14.2 Å². The third-order valence-corrected chi connectivity index (χ3v) is 7.12. The van der Waals surface area contributed by atoms with E-state index in [2.05, 4.69) is 4.90 Å². The molecule has 0 N–H and O–H groups in total. The molecule has 7 nitrogen and oxygen atoms in total. The van der Waals surface area contributed by atoms with E-state index in [1.54, 1.807) is 28.6 Å². The molecule has 1 atom stereocenters. The fourth-order valence-electron chi connectivity index (χ4n) is 5.21. The number of benzene rings is 2. The van der Waals surface area contributed by atoms with E-state index in [4.69, 9.17) is 14.2 Å². The third kappa shape index (κ3) is 5.63. The molecular weight excluding hydrogens is 442 g/mol. The Kier molecular flexibility index (Phi) is 7.54. The minimum absolute atomic E-state index is 0.110. The van der Waals surface area contributed by atoms with Crippen LogP contribution in [0.25, 0.3) is 11.4 Å². The summed E-state index contributed by atoms with van der Waals surface area (Å²) in [6, 6.07) is 15.9. The monoisotopic (exact) mass is 477 g/mol. The number of methoxy groups -OCH3 is 1. The number of imidazole rings is 1. The van der Waals surface area contributed by atoms with Gasteiger partial charge in [0.05, 0.1) is 24.1 Å². The van der Waals surface area contributed by atoms with Crippen molar-refractivity contribution in [3.8, 4) is 22.9 Å². The van der Waals surface area contributed by atoms with Crippen molar-refractivity contribution in [3.63, 3.8) is 0 Å². The summed E-state index contributed by atoms with van der Waals surface area (Å²) in [7, 11) is 1.76. The molecule has 2 aromatic carbocycles. The minimum atomic E-state index is -0.110. The topological polar surface area (TPSA) is 57.9 Å². The molecule has 186 valence electrons. The molecule has 0 unspecified atom stereocenters. The summed E-state index contributed by atoms with van der Waals surface area (Å²) in [6.45, 7) is 3.41. The first-order chi connectivity index (χ1) is 17.2. The van der Waals surface area contributed by atoms with Gasteiger partial charge in [0.15, 0.2) is 0 Å². The van der Waals surface area contributed by atoms with Gasteiger partial charge in [-0.05, 0) is 93.6 Å². The molecule has 1 aromatic heterocycles. The van der Waals surface area contributed by atoms with Gasteiger partial charge in [-0.3, -0.25) is 14.0 Å². The molecule has 0 amide bonds. The molecule has 0 spiro atoms. The second-order valence-corrected chi connectivity index (χ2v) is 9.47. The quantitative estimate of drug-likeness (QED) is 0.432. The summed E-state index contributed by atoms with van der Waals surface area (Å²) >= 11 is 0. The molecule has 0 bridgehead atoms. The normalized spacial score (nSPS) is 18.8. The first-order valence-corrected chi connectivity index (χ1v) is 12.7. The maximum Gasteiger partial charge on any atom is 0.337 e. The Balaban J connectivity index is 1.18. The van der Waals surface area contributed by atoms with E-state index in [0.29, 0.717) is 18.8 Å². The second kappa shape index (κ2) is 11.1. The van der Waals surface area contributed by atoms with Crippen LogP contribution in [0.3, 0.4) is 0 Å². The molecule has 1 saturated carbocycles. The molecular formula is C28H35N3O4. The number of aromatic nitrogens is 2. The highest BCUT2D eigenvalue weighted by Crippen LogP contribution is 2.25. The van der Waals surface area contributed by atoms with Gasteiger partial charge in [-0.2, -0.15) is 0 Å². The summed E-state index contributed by atoms with van der Waals surface area (Å²) in [5.74, 6) is 1.67. The number of nitrogens with zero attached hydrogens (tertiary/aromatic N) is 3. The van der Waals surface area contributed by atoms with E-state index >= 15 is 0 Å². The van der Waals surface area contributed by atoms with Crippen LogP contribution >= 0.6 is 0 Å². The highest BCUT2D eigenvalue weighted by atomic mass is 16.5. The fourth-order valence-corrected chi connectivity index (χ4v) is 5.21. The lowest BCUT2D eigenvalue weighted by Crippen LogP contribution is -2.35. The zero-order valence-corrected chi connectivity index (χ0v) is 20.5. The number of hydrogen-bond donors (Lipinski definition) is 0. The van der Waals surface area contributed by atoms with Gasteiger partial charge in [-0.1, -0.05) is 0 Å². The number of ether oxygens (including phenoxy) is 3. The smallest absolute Gasteiger partial charge is 0.337 e. The minimum Gasteiger partial charge on any atom is -0.492 e. The summed E-state index contributed by atoms with van der Waals surface area (Å²) in [5.41, 5.74) is 1.52. The first-order valence-electron chi connectivity index (χ1n) is 12.7. The predicted octanol–water partition coefficient (Wildman–Crippen LogP) is 4.44. The first kappa shape index (κ1) is 23.7. The van der Waals surface area contributed by atoms with Crippen LogP contribution in [0.4, 0.5) is 0 Å². The maximum atomic E-state index is 13.1. The lowest BCUT2D eigenvalue weighted by molar-refractivity contribution is 0.105. The van der Waals surface area contributed by atoms with Gasteiger partial charge in [0.25, 0.3) is 0 Å². The zero-order chi connectivity index (χ0) is 24.0. The van der Waals surface area contributed by atoms with E-state index in [-0.39, 0.29) is 5.69 Å². The lowest BCUT2D eigenvalue weighted by atomic mass is 10.2. The molecule has 2 fully saturated rings. The number of rotatable bonds is 10. The van der Waals surface area contributed by atoms with Crippen molar-refractivity contribution in [1.82, 2.24) is 14.0 Å². The largest absolute Gasteiger partial charge is 0.492 e. The predicted molar refractivity (Wildman–Crippen MR) is 136 cm³/mol. The average molecular weight is 478 g/mol. The molecule has 1 aliphatic carbocycles. The van der Waals surface area contributed by atoms with Crippen LogP contribution in [0.15, 0.2) is 65.7 Å². The van der Waals surface area contributed by atoms with Crippen LogP contribution in [-0.4, -0.2) is 59.6 Å². The van der Waals surface area contributed by atoms with Crippen LogP contribution < -0.4 is 15.2 Å². The maximum absolute atomic E-state index is 13.1. The summed E-state index contributed by atoms with van der Waals surface area (Å²) in [5, 5.41) is 0. The van der Waals surface area contributed by atoms with E-state index in [1.807, 2.05) is 48.5 Å². The zero-order valence-electron chi connectivity index (χ0n) is 20.5. The Labute approximate surface area is 206 Å². The van der Waals surface area contributed by atoms with Crippen molar-refractivity contribution in [1.29, 1.82) is 0 Å². The Bertz CT molecular complexity index is 1130. The van der Waals surface area contributed by atoms with E-state index in [0.717, 1.165) is 55.4 Å². The highest BCUT2D eigenvalue weighted by molar-refractivity contribution is 5.40. The van der Waals surface area contributed by atoms with Gasteiger partial charge in [-0.15, -0.1) is 0 Å². The number of hydrogen-bond acceptors (Lipinski definition) is 5. The molecule has 1 saturated heterocycles. The van der Waals surface area contributed by atoms with E-state index in [9.17, 15) is 4.79 Å². The Hall–Kier alpha value is -3.03. The molecule has 35 heavy (non-hydrogen) atoms. The van der Waals surface area contributed by atoms with Crippen LogP contribution in [0.2, 0.25) is 0 Å². The van der Waals surface area contributed by atoms with Gasteiger partial charge in [0, 0.05) is 32.1 Å². The van der Waals surface area contributed by atoms with Crippen molar-refractivity contribution >= 4 is 0 Å². The van der Waals surface area contributed by atoms with Crippen LogP contribution in [0.5, 0.6) is 11.5 Å². The number of likely N-dealkylation sites (tertiary alicyclic amines) is 1. The van der Waals surface area contributed by atoms with Gasteiger partial charge in [0.2, 0.25) is 0 Å². The Morgan fingerprint density at radius 3 is 2.09 bits per heavy atom. The Morgan fingerprint density at radius 1 is 0.829 bits per heavy atom. The van der Waals surface area contributed by atoms with E-state index < -0.39 is 0 Å². The van der Waals surface area contributed by atoms with Crippen molar-refractivity contribution in [2.75, 3.05) is 33.4 Å². The van der Waals surface area contributed by atoms with Crippen LogP contribution in [0.1, 0.15) is 38.5 Å². The standard InChI is InChI=1S/C28H35N3O4/c1-33-21-24-5-4-16-29(24)19-20-34-25-12-8-22(9-13-25)30-17-18-31(28(30)32)23-10-14-27(15-11-23)35-26-6-2-3-7-26/h8-15,17-18,24,26H,2-7,16,19-21H2,1H3/t24-/m1/s1. The molecule has 2 aliphatic rings. The highest BCUT2D eigenvalue weighted by Gasteiger charge is 2.23. The van der Waals surface area contributed by atoms with Gasteiger partial charge >= 0.3 is 5.69 Å². The van der Waals surface area contributed by atoms with Crippen LogP contribution in [-0.2, 0) is 4.74 Å². The van der Waals surface area contributed by atoms with Gasteiger partial charge < -0.3 is 14.2 Å². The molecule has 7 heteroatoms. The van der Waals surface area contributed by atoms with Crippen molar-refractivity contribution in [2.24, 2.45) is 0 Å². The Morgan fingerprint density at radius 2 is 1.46 bits per heavy atom. The average Bonchev–Trinajstić information content (AvgIpc) is 3.63.